The van der Waals surface area contributed by atoms with Crippen LogP contribution in [-0.4, -0.2) is 78.7 Å². The molecule has 1 aromatic rings. The fourth-order valence-corrected chi connectivity index (χ4v) is 3.53. The molecule has 0 aromatic carbocycles. The number of carbonyl (C=O) groups excluding carboxylic acids is 4. The summed E-state index contributed by atoms with van der Waals surface area (Å²) in [5, 5.41) is 5.06. The van der Waals surface area contributed by atoms with Gasteiger partial charge in [-0.3, -0.25) is 19.2 Å². The fourth-order valence-electron chi connectivity index (χ4n) is 2.43. The number of primary amides is 1. The van der Waals surface area contributed by atoms with Gasteiger partial charge in [0.1, 0.15) is 6.04 Å². The summed E-state index contributed by atoms with van der Waals surface area (Å²) in [7, 11) is 5.04. The maximum atomic E-state index is 12.5. The molecule has 11 heteroatoms. The second kappa shape index (κ2) is 8.23. The van der Waals surface area contributed by atoms with Crippen LogP contribution in [0.5, 0.6) is 0 Å². The van der Waals surface area contributed by atoms with Crippen LogP contribution < -0.4 is 16.4 Å². The van der Waals surface area contributed by atoms with E-state index in [1.54, 1.807) is 0 Å². The highest BCUT2D eigenvalue weighted by Crippen LogP contribution is 2.24. The molecule has 1 aromatic heterocycles. The minimum absolute atomic E-state index is 0.252. The molecule has 0 aliphatic carbocycles. The second-order valence-corrected chi connectivity index (χ2v) is 7.29. The van der Waals surface area contributed by atoms with Crippen molar-refractivity contribution in [1.82, 2.24) is 25.4 Å². The number of hydrogen-bond acceptors (Lipinski definition) is 7. The molecule has 26 heavy (non-hydrogen) atoms. The van der Waals surface area contributed by atoms with E-state index in [-0.39, 0.29) is 11.6 Å². The molecule has 2 heterocycles. The molecule has 1 unspecified atom stereocenters. The van der Waals surface area contributed by atoms with Gasteiger partial charge in [0.05, 0.1) is 5.69 Å². The predicted octanol–water partition coefficient (Wildman–Crippen LogP) is -2.08. The van der Waals surface area contributed by atoms with Crippen LogP contribution in [0.3, 0.4) is 0 Å². The molecular formula is C15H22N6O4S. The summed E-state index contributed by atoms with van der Waals surface area (Å²) in [5.74, 6) is -3.11. The lowest BCUT2D eigenvalue weighted by Gasteiger charge is -2.21. The maximum Gasteiger partial charge on any atom is 0.309 e. The number of likely N-dealkylation sites (N-methyl/N-ethyl adjacent to an activating group) is 2. The molecule has 1 aliphatic rings. The first-order valence-corrected chi connectivity index (χ1v) is 8.77. The lowest BCUT2D eigenvalue weighted by molar-refractivity contribution is -0.137. The zero-order valence-corrected chi connectivity index (χ0v) is 15.7. The third-order valence-corrected chi connectivity index (χ3v) is 4.93. The van der Waals surface area contributed by atoms with E-state index in [0.717, 1.165) is 30.1 Å². The third kappa shape index (κ3) is 4.76. The monoisotopic (exact) mass is 382 g/mol. The smallest absolute Gasteiger partial charge is 0.309 e. The fraction of sp³-hybridized carbons (Fsp3) is 0.533. The van der Waals surface area contributed by atoms with Gasteiger partial charge in [0.2, 0.25) is 5.91 Å². The van der Waals surface area contributed by atoms with E-state index in [9.17, 15) is 19.2 Å². The van der Waals surface area contributed by atoms with Gasteiger partial charge in [-0.2, -0.15) is 0 Å². The maximum absolute atomic E-state index is 12.5. The molecule has 10 nitrogen and oxygen atoms in total. The largest absolute Gasteiger partial charge is 0.361 e. The molecule has 1 aliphatic heterocycles. The van der Waals surface area contributed by atoms with E-state index in [2.05, 4.69) is 20.5 Å². The first-order valence-electron chi connectivity index (χ1n) is 7.95. The Kier molecular flexibility index (Phi) is 6.27. The quantitative estimate of drug-likeness (QED) is 0.500. The number of rotatable bonds is 5. The minimum atomic E-state index is -1.16. The van der Waals surface area contributed by atoms with Gasteiger partial charge in [-0.15, -0.1) is 11.3 Å². The highest BCUT2D eigenvalue weighted by atomic mass is 32.1. The molecule has 0 saturated carbocycles. The van der Waals surface area contributed by atoms with E-state index < -0.39 is 29.7 Å². The predicted molar refractivity (Wildman–Crippen MR) is 94.3 cm³/mol. The Morgan fingerprint density at radius 2 is 2.04 bits per heavy atom. The molecule has 142 valence electrons. The summed E-state index contributed by atoms with van der Waals surface area (Å²) in [6.45, 7) is 1.35. The average molecular weight is 382 g/mol. The summed E-state index contributed by atoms with van der Waals surface area (Å²) in [6.07, 6.45) is 0.768. The van der Waals surface area contributed by atoms with Crippen LogP contribution in [0, 0.1) is 0 Å². The molecule has 0 bridgehead atoms. The van der Waals surface area contributed by atoms with Gasteiger partial charge < -0.3 is 26.2 Å². The molecule has 2 rings (SSSR count). The summed E-state index contributed by atoms with van der Waals surface area (Å²) < 4.78 is 0. The van der Waals surface area contributed by atoms with Crippen LogP contribution in [0.25, 0.3) is 0 Å². The average Bonchev–Trinajstić information content (AvgIpc) is 3.00. The normalized spacial score (nSPS) is 14.9. The lowest BCUT2D eigenvalue weighted by atomic mass is 10.2. The van der Waals surface area contributed by atoms with Crippen LogP contribution in [0.1, 0.15) is 20.4 Å². The SMILES string of the molecule is CN1CCc2nc(C(=O)NC(CNC(=O)C(N)=O)C(=O)N(C)C)sc2C1. The van der Waals surface area contributed by atoms with Gasteiger partial charge >= 0.3 is 11.8 Å². The number of nitrogens with two attached hydrogens (primary N) is 1. The van der Waals surface area contributed by atoms with Crippen LogP contribution >= 0.6 is 11.3 Å². The van der Waals surface area contributed by atoms with Crippen LogP contribution in [0.15, 0.2) is 0 Å². The second-order valence-electron chi connectivity index (χ2n) is 6.21. The number of thiazole rings is 1. The van der Waals surface area contributed by atoms with Crippen molar-refractivity contribution in [3.63, 3.8) is 0 Å². The van der Waals surface area contributed by atoms with Crippen molar-refractivity contribution in [3.8, 4) is 0 Å². The van der Waals surface area contributed by atoms with Crippen molar-refractivity contribution in [2.45, 2.75) is 19.0 Å². The number of aromatic nitrogens is 1. The standard InChI is InChI=1S/C15H22N6O4S/c1-20(2)15(25)9(6-17-12(23)11(16)22)18-13(24)14-19-8-4-5-21(3)7-10(8)26-14/h9H,4-7H2,1-3H3,(H2,16,22)(H,17,23)(H,18,24). The van der Waals surface area contributed by atoms with Crippen LogP contribution in [0.4, 0.5) is 0 Å². The Morgan fingerprint density at radius 1 is 1.35 bits per heavy atom. The van der Waals surface area contributed by atoms with Crippen LogP contribution in [0.2, 0.25) is 0 Å². The van der Waals surface area contributed by atoms with E-state index in [1.165, 1.54) is 30.3 Å². The van der Waals surface area contributed by atoms with Crippen molar-refractivity contribution in [2.75, 3.05) is 34.2 Å². The topological polar surface area (TPSA) is 138 Å². The number of amides is 4. The summed E-state index contributed by atoms with van der Waals surface area (Å²) in [4.78, 5) is 55.7. The van der Waals surface area contributed by atoms with Gasteiger partial charge in [0, 0.05) is 45.0 Å². The highest BCUT2D eigenvalue weighted by molar-refractivity contribution is 7.13. The first-order chi connectivity index (χ1) is 12.2. The molecule has 1 atom stereocenters. The number of fused-ring (bicyclic) bond motifs is 1. The summed E-state index contributed by atoms with van der Waals surface area (Å²) >= 11 is 1.29. The van der Waals surface area contributed by atoms with Crippen molar-refractivity contribution < 1.29 is 19.2 Å². The molecule has 4 N–H and O–H groups in total. The van der Waals surface area contributed by atoms with E-state index in [0.29, 0.717) is 0 Å². The van der Waals surface area contributed by atoms with Gasteiger partial charge in [0.25, 0.3) is 5.91 Å². The van der Waals surface area contributed by atoms with Gasteiger partial charge in [0.15, 0.2) is 5.01 Å². The molecule has 0 spiro atoms. The minimum Gasteiger partial charge on any atom is -0.361 e. The molecule has 4 amide bonds. The Bertz CT molecular complexity index is 732. The lowest BCUT2D eigenvalue weighted by Crippen LogP contribution is -2.53. The first kappa shape index (κ1) is 19.8. The summed E-state index contributed by atoms with van der Waals surface area (Å²) in [6, 6.07) is -1.04. The number of nitrogens with zero attached hydrogens (tertiary/aromatic N) is 3. The summed E-state index contributed by atoms with van der Waals surface area (Å²) in [5.41, 5.74) is 5.77. The van der Waals surface area contributed by atoms with Crippen LogP contribution in [-0.2, 0) is 27.3 Å². The van der Waals surface area contributed by atoms with Crippen molar-refractivity contribution >= 4 is 35.0 Å². The third-order valence-electron chi connectivity index (χ3n) is 3.85. The zero-order valence-electron chi connectivity index (χ0n) is 14.9. The highest BCUT2D eigenvalue weighted by Gasteiger charge is 2.27. The van der Waals surface area contributed by atoms with Crippen molar-refractivity contribution in [1.29, 1.82) is 0 Å². The zero-order chi connectivity index (χ0) is 19.4. The van der Waals surface area contributed by atoms with Crippen molar-refractivity contribution in [2.24, 2.45) is 5.73 Å². The molecule has 0 saturated heterocycles. The van der Waals surface area contributed by atoms with Gasteiger partial charge in [-0.05, 0) is 7.05 Å². The number of nitrogens with one attached hydrogen (secondary N) is 2. The number of hydrogen-bond donors (Lipinski definition) is 3. The van der Waals surface area contributed by atoms with E-state index in [4.69, 9.17) is 5.73 Å². The Hall–Kier alpha value is -2.53. The van der Waals surface area contributed by atoms with Gasteiger partial charge in [-0.25, -0.2) is 4.98 Å². The molecule has 0 radical (unpaired) electrons. The molecule has 0 fully saturated rings. The Balaban J connectivity index is 2.09. The van der Waals surface area contributed by atoms with Crippen molar-refractivity contribution in [3.05, 3.63) is 15.6 Å². The van der Waals surface area contributed by atoms with Gasteiger partial charge in [-0.1, -0.05) is 0 Å². The van der Waals surface area contributed by atoms with E-state index in [1.807, 2.05) is 7.05 Å². The van der Waals surface area contributed by atoms with E-state index >= 15 is 0 Å². The Morgan fingerprint density at radius 3 is 2.65 bits per heavy atom. The number of carbonyl (C=O) groups is 4. The molecular weight excluding hydrogens is 360 g/mol. The Labute approximate surface area is 154 Å².